The van der Waals surface area contributed by atoms with Crippen molar-refractivity contribution in [3.63, 3.8) is 0 Å². The van der Waals surface area contributed by atoms with E-state index in [2.05, 4.69) is 22.3 Å². The minimum atomic E-state index is -4.64. The number of fused-ring (bicyclic) bond motifs is 6. The number of likely N-dealkylation sites (N-methyl/N-ethyl adjacent to an activating group) is 1. The molecule has 3 aromatic rings. The van der Waals surface area contributed by atoms with Crippen molar-refractivity contribution in [2.75, 3.05) is 60.1 Å². The molecule has 0 saturated carbocycles. The molecule has 2 aromatic heterocycles. The van der Waals surface area contributed by atoms with Crippen molar-refractivity contribution in [2.24, 2.45) is 16.3 Å². The quantitative estimate of drug-likeness (QED) is 0.113. The van der Waals surface area contributed by atoms with Crippen molar-refractivity contribution >= 4 is 52.6 Å². The van der Waals surface area contributed by atoms with Crippen LogP contribution in [0.4, 0.5) is 22.8 Å². The first-order chi connectivity index (χ1) is 36.7. The molecular weight excluding hydrogens is 1010 g/mol. The van der Waals surface area contributed by atoms with Gasteiger partial charge < -0.3 is 43.5 Å². The lowest BCUT2D eigenvalue weighted by Gasteiger charge is -2.47. The number of morpholine rings is 1. The van der Waals surface area contributed by atoms with Crippen molar-refractivity contribution in [3.05, 3.63) is 71.7 Å². The number of aromatic nitrogens is 2. The van der Waals surface area contributed by atoms with Crippen molar-refractivity contribution in [1.82, 2.24) is 40.0 Å². The number of pyridine rings is 1. The monoisotopic (exact) mass is 1090 g/mol. The number of aliphatic imine (C=N–C) groups is 1. The summed E-state index contributed by atoms with van der Waals surface area (Å²) in [6, 6.07) is 6.77. The zero-order valence-corrected chi connectivity index (χ0v) is 47.1. The number of carbonyl (C=O) groups is 5. The molecule has 426 valence electrons. The van der Waals surface area contributed by atoms with Crippen LogP contribution in [0.5, 0.6) is 0 Å². The Labute approximate surface area is 455 Å². The van der Waals surface area contributed by atoms with Crippen LogP contribution in [0.3, 0.4) is 0 Å². The van der Waals surface area contributed by atoms with E-state index in [4.69, 9.17) is 23.9 Å². The highest BCUT2D eigenvalue weighted by Crippen LogP contribution is 2.41. The highest BCUT2D eigenvalue weighted by Gasteiger charge is 2.45. The lowest BCUT2D eigenvalue weighted by molar-refractivity contribution is -0.155. The number of hydrogen-bond acceptors (Lipinski definition) is 12. The molecular formula is C57H78F3N9O9. The lowest BCUT2D eigenvalue weighted by Crippen LogP contribution is -2.63. The number of halogens is 3. The predicted octanol–water partition coefficient (Wildman–Crippen LogP) is 8.12. The van der Waals surface area contributed by atoms with Crippen LogP contribution in [-0.2, 0) is 52.7 Å². The van der Waals surface area contributed by atoms with Gasteiger partial charge in [-0.25, -0.2) is 15.0 Å². The molecule has 18 nitrogen and oxygen atoms in total. The molecule has 78 heavy (non-hydrogen) atoms. The Hall–Kier alpha value is -6.32. The van der Waals surface area contributed by atoms with Crippen molar-refractivity contribution in [2.45, 2.75) is 149 Å². The standard InChI is InChI=1S/C57H78F3N9O9/c1-13-39(46(61-14-2)36(5)75-12)48-41-31-55(9,10)34-76-51(72)43-19-16-24-69(64-43)50(71)44(30-38-17-15-18-42(62-38)37-20-21-45(40(41)29-37)68(48)33-57(58,59)60)63-49(70)47(35(3)4)65(11)52(73)66-25-22-56(23-26-66)32-67(27-28-77-56)53(74)78-54(6,7)8/h13-15,17-18,20-21,29,35-36,43-44,47,64H,1,16,19,22-28,30-34H2,2-12H3,(H,63,70)/b46-39+,61-14?/t36-,43-,44-,47-/m0/s1. The number of hydrazine groups is 1. The Morgan fingerprint density at radius 3 is 2.41 bits per heavy atom. The number of ether oxygens (including phenoxy) is 4. The van der Waals surface area contributed by atoms with Crippen molar-refractivity contribution in [3.8, 4) is 11.3 Å². The van der Waals surface area contributed by atoms with E-state index in [1.807, 2.05) is 48.5 Å². The summed E-state index contributed by atoms with van der Waals surface area (Å²) < 4.78 is 69.3. The Morgan fingerprint density at radius 1 is 1.05 bits per heavy atom. The van der Waals surface area contributed by atoms with Gasteiger partial charge in [0.25, 0.3) is 5.91 Å². The third kappa shape index (κ3) is 13.7. The maximum Gasteiger partial charge on any atom is 0.410 e. The van der Waals surface area contributed by atoms with E-state index in [0.717, 1.165) is 0 Å². The van der Waals surface area contributed by atoms with Gasteiger partial charge in [0.2, 0.25) is 5.91 Å². The van der Waals surface area contributed by atoms with Crippen LogP contribution in [-0.4, -0.2) is 167 Å². The van der Waals surface area contributed by atoms with Gasteiger partial charge >= 0.3 is 24.3 Å². The first-order valence-electron chi connectivity index (χ1n) is 26.9. The molecule has 0 unspecified atom stereocenters. The average molecular weight is 1090 g/mol. The first-order valence-corrected chi connectivity index (χ1v) is 26.9. The van der Waals surface area contributed by atoms with Gasteiger partial charge in [0.15, 0.2) is 0 Å². The number of nitrogens with zero attached hydrogens (tertiary/aromatic N) is 7. The summed E-state index contributed by atoms with van der Waals surface area (Å²) in [6.45, 7) is 20.8. The van der Waals surface area contributed by atoms with Crippen LogP contribution < -0.4 is 10.7 Å². The number of piperidine rings is 1. The number of cyclic esters (lactones) is 1. The Morgan fingerprint density at radius 2 is 1.77 bits per heavy atom. The normalized spacial score (nSPS) is 21.4. The molecule has 4 aliphatic heterocycles. The van der Waals surface area contributed by atoms with Gasteiger partial charge in [-0.2, -0.15) is 13.2 Å². The van der Waals surface area contributed by atoms with Crippen LogP contribution in [0.2, 0.25) is 0 Å². The molecule has 2 N–H and O–H groups in total. The molecule has 21 heteroatoms. The second-order valence-corrected chi connectivity index (χ2v) is 23.1. The molecule has 5 amide bonds. The number of methoxy groups -OCH3 is 1. The maximum absolute atomic E-state index is 14.8. The summed E-state index contributed by atoms with van der Waals surface area (Å²) in [5.41, 5.74) is 4.13. The number of carbonyl (C=O) groups excluding carboxylic acids is 5. The molecule has 6 bridgehead atoms. The molecule has 3 saturated heterocycles. The second kappa shape index (κ2) is 24.0. The maximum atomic E-state index is 14.8. The molecule has 1 aromatic carbocycles. The number of urea groups is 1. The number of esters is 1. The van der Waals surface area contributed by atoms with Gasteiger partial charge in [-0.05, 0) is 102 Å². The number of hydrogen-bond donors (Lipinski definition) is 2. The molecule has 4 atom stereocenters. The van der Waals surface area contributed by atoms with Gasteiger partial charge in [-0.1, -0.05) is 52.5 Å². The average Bonchev–Trinajstić information content (AvgIpc) is 3.95. The van der Waals surface area contributed by atoms with Crippen LogP contribution in [0.1, 0.15) is 105 Å². The number of likely N-dealkylation sites (tertiary alicyclic amines) is 1. The number of nitrogens with one attached hydrogen (secondary N) is 2. The van der Waals surface area contributed by atoms with E-state index in [1.54, 1.807) is 73.3 Å². The van der Waals surface area contributed by atoms with Crippen LogP contribution in [0, 0.1) is 11.3 Å². The number of amides is 5. The number of allylic oxidation sites excluding steroid dienone is 2. The second-order valence-electron chi connectivity index (χ2n) is 23.1. The minimum Gasteiger partial charge on any atom is -0.464 e. The SMILES string of the molecule is C=C/C(=C(\N=CC)[C@H](C)OC)c1c2c3cc(ccc3n1CC(F)(F)F)-c1cccc(n1)C[C@H](NC(=O)[C@H](C(C)C)N(C)C(=O)N1CCC3(CC1)CN(C(=O)OC(C)(C)C)CCO3)C(=O)N1CCC[C@H](N1)C(=O)OCC(C)(C)C2. The van der Waals surface area contributed by atoms with Crippen LogP contribution in [0.15, 0.2) is 59.7 Å². The third-order valence-corrected chi connectivity index (χ3v) is 14.8. The lowest BCUT2D eigenvalue weighted by atomic mass is 9.84. The summed E-state index contributed by atoms with van der Waals surface area (Å²) in [5, 5.41) is 4.81. The molecule has 3 fully saturated rings. The van der Waals surface area contributed by atoms with E-state index < -0.39 is 83.4 Å². The van der Waals surface area contributed by atoms with Gasteiger partial charge in [-0.15, -0.1) is 0 Å². The van der Waals surface area contributed by atoms with Crippen molar-refractivity contribution in [1.29, 1.82) is 0 Å². The van der Waals surface area contributed by atoms with Crippen molar-refractivity contribution < 1.29 is 56.1 Å². The third-order valence-electron chi connectivity index (χ3n) is 14.8. The molecule has 1 spiro atoms. The zero-order valence-electron chi connectivity index (χ0n) is 47.1. The van der Waals surface area contributed by atoms with Crippen LogP contribution in [0.25, 0.3) is 27.7 Å². The predicted molar refractivity (Wildman–Crippen MR) is 290 cm³/mol. The van der Waals surface area contributed by atoms with E-state index >= 15 is 0 Å². The molecule has 6 heterocycles. The van der Waals surface area contributed by atoms with Gasteiger partial charge in [0, 0.05) is 86.1 Å². The molecule has 0 aliphatic carbocycles. The molecule has 4 aliphatic rings. The Balaban J connectivity index is 1.24. The molecule has 7 rings (SSSR count). The zero-order chi connectivity index (χ0) is 57.1. The first kappa shape index (κ1) is 59.3. The largest absolute Gasteiger partial charge is 0.464 e. The van der Waals surface area contributed by atoms with E-state index in [-0.39, 0.29) is 37.7 Å². The smallest absolute Gasteiger partial charge is 0.410 e. The van der Waals surface area contributed by atoms with Gasteiger partial charge in [-0.3, -0.25) is 29.4 Å². The molecule has 0 radical (unpaired) electrons. The minimum absolute atomic E-state index is 0.109. The summed E-state index contributed by atoms with van der Waals surface area (Å²) in [5.74, 6) is -2.16. The van der Waals surface area contributed by atoms with Gasteiger partial charge in [0.05, 0.1) is 48.5 Å². The highest BCUT2D eigenvalue weighted by molar-refractivity contribution is 5.96. The van der Waals surface area contributed by atoms with E-state index in [1.165, 1.54) is 27.7 Å². The summed E-state index contributed by atoms with van der Waals surface area (Å²) in [6.07, 6.45) is -0.923. The van der Waals surface area contributed by atoms with E-state index in [0.29, 0.717) is 103 Å². The van der Waals surface area contributed by atoms with E-state index in [9.17, 15) is 37.1 Å². The Bertz CT molecular complexity index is 2790. The summed E-state index contributed by atoms with van der Waals surface area (Å²) >= 11 is 0. The van der Waals surface area contributed by atoms with Gasteiger partial charge in [0.1, 0.15) is 30.3 Å². The number of rotatable bonds is 10. The van der Waals surface area contributed by atoms with Crippen LogP contribution >= 0.6 is 0 Å². The topological polar surface area (TPSA) is 189 Å². The fourth-order valence-corrected chi connectivity index (χ4v) is 11.0. The Kier molecular flexibility index (Phi) is 18.2. The number of benzene rings is 1. The fraction of sp³-hybridized carbons (Fsp3) is 0.596. The fourth-order valence-electron chi connectivity index (χ4n) is 11.0. The summed E-state index contributed by atoms with van der Waals surface area (Å²) in [7, 11) is 3.06. The highest BCUT2D eigenvalue weighted by atomic mass is 19.4. The summed E-state index contributed by atoms with van der Waals surface area (Å²) in [4.78, 5) is 85.3. The number of alkyl halides is 3.